The van der Waals surface area contributed by atoms with Gasteiger partial charge in [-0.1, -0.05) is 146 Å². The maximum absolute atomic E-state index is 5.31. The minimum Gasteiger partial charge on any atom is -0.315 e. The topological polar surface area (TPSA) is 35.6 Å². The van der Waals surface area contributed by atoms with Crippen LogP contribution in [0, 0.1) is 0 Å². The number of aromatic nitrogens is 4. The number of rotatable bonds is 5. The first-order valence-electron chi connectivity index (χ1n) is 18.3. The minimum atomic E-state index is 0.697. The molecule has 4 nitrogen and oxygen atoms in total. The molecule has 3 aromatic heterocycles. The van der Waals surface area contributed by atoms with Gasteiger partial charge in [-0.15, -0.1) is 0 Å². The van der Waals surface area contributed by atoms with E-state index in [2.05, 4.69) is 197 Å². The minimum absolute atomic E-state index is 0.697. The third-order valence-corrected chi connectivity index (χ3v) is 10.7. The normalized spacial score (nSPS) is 11.7. The van der Waals surface area contributed by atoms with E-state index in [1.54, 1.807) is 0 Å². The first-order chi connectivity index (χ1) is 26.8. The van der Waals surface area contributed by atoms with E-state index >= 15 is 0 Å². The average Bonchev–Trinajstić information content (AvgIpc) is 3.83. The second-order valence-electron chi connectivity index (χ2n) is 13.8. The molecular weight excluding hydrogens is 657 g/mol. The fraction of sp³-hybridized carbons (Fsp3) is 0. The Bertz CT molecular complexity index is 3200. The summed E-state index contributed by atoms with van der Waals surface area (Å²) in [4.78, 5) is 10.5. The van der Waals surface area contributed by atoms with E-state index in [9.17, 15) is 0 Å². The molecule has 0 unspecified atom stereocenters. The molecule has 0 aliphatic heterocycles. The first kappa shape index (κ1) is 30.3. The second-order valence-corrected chi connectivity index (χ2v) is 13.8. The molecule has 0 spiro atoms. The molecule has 0 N–H and O–H groups in total. The van der Waals surface area contributed by atoms with Crippen LogP contribution in [0.15, 0.2) is 194 Å². The Morgan fingerprint density at radius 2 is 1.09 bits per heavy atom. The van der Waals surface area contributed by atoms with Gasteiger partial charge >= 0.3 is 0 Å². The van der Waals surface area contributed by atoms with Crippen molar-refractivity contribution in [2.24, 2.45) is 0 Å². The maximum Gasteiger partial charge on any atom is 0.160 e. The van der Waals surface area contributed by atoms with E-state index in [0.29, 0.717) is 5.82 Å². The summed E-state index contributed by atoms with van der Waals surface area (Å²) in [5.41, 5.74) is 12.0. The zero-order valence-electron chi connectivity index (χ0n) is 29.3. The molecule has 0 saturated heterocycles. The SMILES string of the molecule is c1ccc(-n2ccc3ccc4c5ccccc5n(-c5cccc(-c6nc(-c7ccc(-c8cccc9ccccc89)cc7)c7ccccc7n6)c5)c4c32)cc1. The summed E-state index contributed by atoms with van der Waals surface area (Å²) >= 11 is 0. The van der Waals surface area contributed by atoms with Crippen LogP contribution in [0.3, 0.4) is 0 Å². The number of nitrogens with zero attached hydrogens (tertiary/aromatic N) is 4. The van der Waals surface area contributed by atoms with Crippen molar-refractivity contribution >= 4 is 54.4 Å². The molecule has 0 bridgehead atoms. The summed E-state index contributed by atoms with van der Waals surface area (Å²) in [6, 6.07) is 66.8. The largest absolute Gasteiger partial charge is 0.315 e. The van der Waals surface area contributed by atoms with Crippen molar-refractivity contribution in [2.75, 3.05) is 0 Å². The lowest BCUT2D eigenvalue weighted by Gasteiger charge is -2.14. The van der Waals surface area contributed by atoms with E-state index in [-0.39, 0.29) is 0 Å². The highest BCUT2D eigenvalue weighted by Crippen LogP contribution is 2.39. The highest BCUT2D eigenvalue weighted by molar-refractivity contribution is 6.18. The molecule has 54 heavy (non-hydrogen) atoms. The second kappa shape index (κ2) is 12.1. The molecule has 11 rings (SSSR count). The Balaban J connectivity index is 1.08. The molecule has 3 heterocycles. The Labute approximate surface area is 311 Å². The quantitative estimate of drug-likeness (QED) is 0.180. The molecule has 0 radical (unpaired) electrons. The summed E-state index contributed by atoms with van der Waals surface area (Å²) in [7, 11) is 0. The van der Waals surface area contributed by atoms with Gasteiger partial charge in [-0.05, 0) is 64.4 Å². The van der Waals surface area contributed by atoms with Gasteiger partial charge in [0.15, 0.2) is 5.82 Å². The van der Waals surface area contributed by atoms with Crippen LogP contribution in [0.25, 0.3) is 99.5 Å². The van der Waals surface area contributed by atoms with Crippen LogP contribution < -0.4 is 0 Å². The molecule has 0 aliphatic carbocycles. The molecule has 4 heteroatoms. The lowest BCUT2D eigenvalue weighted by molar-refractivity contribution is 1.11. The average molecular weight is 689 g/mol. The van der Waals surface area contributed by atoms with Crippen LogP contribution in [0.5, 0.6) is 0 Å². The van der Waals surface area contributed by atoms with Gasteiger partial charge in [0.2, 0.25) is 0 Å². The third-order valence-electron chi connectivity index (χ3n) is 10.7. The van der Waals surface area contributed by atoms with Crippen LogP contribution in [-0.4, -0.2) is 19.1 Å². The Morgan fingerprint density at radius 1 is 0.389 bits per heavy atom. The molecule has 252 valence electrons. The zero-order valence-corrected chi connectivity index (χ0v) is 29.3. The van der Waals surface area contributed by atoms with Gasteiger partial charge < -0.3 is 9.13 Å². The molecular formula is C50H32N4. The molecule has 8 aromatic carbocycles. The van der Waals surface area contributed by atoms with Gasteiger partial charge in [0.25, 0.3) is 0 Å². The highest BCUT2D eigenvalue weighted by atomic mass is 15.0. The van der Waals surface area contributed by atoms with Crippen molar-refractivity contribution in [1.82, 2.24) is 19.1 Å². The first-order valence-corrected chi connectivity index (χ1v) is 18.3. The van der Waals surface area contributed by atoms with Crippen LogP contribution >= 0.6 is 0 Å². The van der Waals surface area contributed by atoms with E-state index in [4.69, 9.17) is 9.97 Å². The molecule has 0 amide bonds. The van der Waals surface area contributed by atoms with Gasteiger partial charge in [-0.3, -0.25) is 0 Å². The summed E-state index contributed by atoms with van der Waals surface area (Å²) in [6.07, 6.45) is 2.18. The highest BCUT2D eigenvalue weighted by Gasteiger charge is 2.19. The van der Waals surface area contributed by atoms with E-state index < -0.39 is 0 Å². The molecule has 11 aromatic rings. The van der Waals surface area contributed by atoms with Gasteiger partial charge in [-0.25, -0.2) is 9.97 Å². The zero-order chi connectivity index (χ0) is 35.6. The van der Waals surface area contributed by atoms with Crippen molar-refractivity contribution in [3.05, 3.63) is 194 Å². The predicted molar refractivity (Wildman–Crippen MR) is 225 cm³/mol. The van der Waals surface area contributed by atoms with E-state index in [1.165, 1.54) is 49.1 Å². The lowest BCUT2D eigenvalue weighted by Crippen LogP contribution is -1.99. The van der Waals surface area contributed by atoms with Gasteiger partial charge in [0.05, 0.1) is 27.8 Å². The van der Waals surface area contributed by atoms with Crippen LogP contribution in [0.4, 0.5) is 0 Å². The van der Waals surface area contributed by atoms with Crippen molar-refractivity contribution in [2.45, 2.75) is 0 Å². The molecule has 0 fully saturated rings. The molecule has 0 aliphatic rings. The van der Waals surface area contributed by atoms with Crippen LogP contribution in [-0.2, 0) is 0 Å². The summed E-state index contributed by atoms with van der Waals surface area (Å²) < 4.78 is 4.71. The fourth-order valence-electron chi connectivity index (χ4n) is 8.24. The number of hydrogen-bond donors (Lipinski definition) is 0. The smallest absolute Gasteiger partial charge is 0.160 e. The fourth-order valence-corrected chi connectivity index (χ4v) is 8.24. The van der Waals surface area contributed by atoms with E-state index in [1.807, 2.05) is 6.07 Å². The van der Waals surface area contributed by atoms with Crippen molar-refractivity contribution in [1.29, 1.82) is 0 Å². The number of benzene rings is 8. The van der Waals surface area contributed by atoms with Crippen molar-refractivity contribution < 1.29 is 0 Å². The Kier molecular flexibility index (Phi) is 6.82. The number of para-hydroxylation sites is 3. The number of fused-ring (bicyclic) bond motifs is 7. The van der Waals surface area contributed by atoms with Gasteiger partial charge in [0, 0.05) is 50.2 Å². The maximum atomic E-state index is 5.31. The van der Waals surface area contributed by atoms with Crippen LogP contribution in [0.1, 0.15) is 0 Å². The third kappa shape index (κ3) is 4.78. The monoisotopic (exact) mass is 688 g/mol. The van der Waals surface area contributed by atoms with Crippen LogP contribution in [0.2, 0.25) is 0 Å². The molecule has 0 saturated carbocycles. The summed E-state index contributed by atoms with van der Waals surface area (Å²) in [5, 5.41) is 7.15. The van der Waals surface area contributed by atoms with E-state index in [0.717, 1.165) is 44.6 Å². The standard InChI is InChI=1S/C50H32N4/c1-2-15-38(16-3-1)53-31-30-36-28-29-43-42-19-7-9-23-46(42)54(49(43)48(36)53)39-17-10-14-37(32-39)50-51-45-22-8-6-20-44(45)47(52-50)35-26-24-34(25-27-35)41-21-11-13-33-12-4-5-18-40(33)41/h1-32H. The Hall–Kier alpha value is -7.30. The Morgan fingerprint density at radius 3 is 1.98 bits per heavy atom. The van der Waals surface area contributed by atoms with Crippen molar-refractivity contribution in [3.63, 3.8) is 0 Å². The van der Waals surface area contributed by atoms with Gasteiger partial charge in [0.1, 0.15) is 0 Å². The summed E-state index contributed by atoms with van der Waals surface area (Å²) in [6.45, 7) is 0. The van der Waals surface area contributed by atoms with Crippen molar-refractivity contribution in [3.8, 4) is 45.1 Å². The number of hydrogen-bond acceptors (Lipinski definition) is 2. The summed E-state index contributed by atoms with van der Waals surface area (Å²) in [5.74, 6) is 0.697. The van der Waals surface area contributed by atoms with Gasteiger partial charge in [-0.2, -0.15) is 0 Å². The predicted octanol–water partition coefficient (Wildman–Crippen LogP) is 12.8. The molecule has 0 atom stereocenters. The lowest BCUT2D eigenvalue weighted by atomic mass is 9.96.